The zero-order valence-corrected chi connectivity index (χ0v) is 14.9. The van der Waals surface area contributed by atoms with Crippen molar-refractivity contribution in [1.29, 1.82) is 0 Å². The minimum absolute atomic E-state index is 0.00241. The summed E-state index contributed by atoms with van der Waals surface area (Å²) >= 11 is 7.05. The molecule has 1 aromatic heterocycles. The summed E-state index contributed by atoms with van der Waals surface area (Å²) in [5.74, 6) is -0.405. The van der Waals surface area contributed by atoms with Gasteiger partial charge in [0.15, 0.2) is 5.13 Å². The first kappa shape index (κ1) is 17.7. The summed E-state index contributed by atoms with van der Waals surface area (Å²) in [4.78, 5) is 15.5. The first-order valence-corrected chi connectivity index (χ1v) is 9.45. The van der Waals surface area contributed by atoms with Crippen LogP contribution in [0.15, 0.2) is 28.5 Å². The number of hydrogen-bond acceptors (Lipinski definition) is 6. The lowest BCUT2D eigenvalue weighted by Gasteiger charge is -2.06. The SMILES string of the molecule is CCOC(=O)Cc1csc(NS(=O)(=O)c2ccc(C)c(Cl)c2)n1. The number of nitrogens with one attached hydrogen (secondary N) is 1. The van der Waals surface area contributed by atoms with E-state index in [2.05, 4.69) is 9.71 Å². The molecule has 0 fully saturated rings. The molecule has 0 atom stereocenters. The second kappa shape index (κ2) is 7.29. The van der Waals surface area contributed by atoms with Gasteiger partial charge in [-0.3, -0.25) is 9.52 Å². The van der Waals surface area contributed by atoms with Crippen molar-refractivity contribution in [2.45, 2.75) is 25.2 Å². The van der Waals surface area contributed by atoms with Crippen LogP contribution in [0.1, 0.15) is 18.2 Å². The standard InChI is InChI=1S/C14H15ClN2O4S2/c1-3-21-13(18)6-10-8-22-14(16-10)17-23(19,20)11-5-4-9(2)12(15)7-11/h4-5,7-8H,3,6H2,1-2H3,(H,16,17). The van der Waals surface area contributed by atoms with E-state index in [1.54, 1.807) is 25.3 Å². The van der Waals surface area contributed by atoms with Gasteiger partial charge in [0.25, 0.3) is 10.0 Å². The molecule has 0 saturated heterocycles. The molecule has 0 aliphatic rings. The van der Waals surface area contributed by atoms with Gasteiger partial charge >= 0.3 is 5.97 Å². The Balaban J connectivity index is 2.13. The van der Waals surface area contributed by atoms with Crippen LogP contribution >= 0.6 is 22.9 Å². The number of sulfonamides is 1. The highest BCUT2D eigenvalue weighted by atomic mass is 35.5. The van der Waals surface area contributed by atoms with E-state index in [0.29, 0.717) is 10.7 Å². The van der Waals surface area contributed by atoms with Crippen molar-refractivity contribution in [3.63, 3.8) is 0 Å². The number of anilines is 1. The summed E-state index contributed by atoms with van der Waals surface area (Å²) in [5.41, 5.74) is 1.24. The third-order valence-corrected chi connectivity index (χ3v) is 5.54. The highest BCUT2D eigenvalue weighted by Gasteiger charge is 2.18. The smallest absolute Gasteiger partial charge is 0.311 e. The molecular formula is C14H15ClN2O4S2. The maximum atomic E-state index is 12.3. The van der Waals surface area contributed by atoms with Crippen molar-refractivity contribution in [3.05, 3.63) is 39.9 Å². The molecule has 0 unspecified atom stereocenters. The van der Waals surface area contributed by atoms with Crippen molar-refractivity contribution >= 4 is 44.1 Å². The van der Waals surface area contributed by atoms with Crippen LogP contribution in [0.2, 0.25) is 5.02 Å². The van der Waals surface area contributed by atoms with Gasteiger partial charge in [-0.05, 0) is 31.5 Å². The van der Waals surface area contributed by atoms with Crippen LogP contribution in [0.3, 0.4) is 0 Å². The molecule has 2 aromatic rings. The molecule has 6 nitrogen and oxygen atoms in total. The average Bonchev–Trinajstić information content (AvgIpc) is 2.88. The number of esters is 1. The number of aromatic nitrogens is 1. The molecule has 1 heterocycles. The first-order chi connectivity index (χ1) is 10.8. The van der Waals surface area contributed by atoms with Crippen LogP contribution < -0.4 is 4.72 Å². The maximum absolute atomic E-state index is 12.3. The lowest BCUT2D eigenvalue weighted by Crippen LogP contribution is -2.13. The number of rotatable bonds is 6. The van der Waals surface area contributed by atoms with E-state index in [1.807, 2.05) is 0 Å². The molecule has 0 saturated carbocycles. The fourth-order valence-electron chi connectivity index (χ4n) is 1.71. The third kappa shape index (κ3) is 4.66. The number of carbonyl (C=O) groups is 1. The van der Waals surface area contributed by atoms with Crippen molar-refractivity contribution in [1.82, 2.24) is 4.98 Å². The van der Waals surface area contributed by atoms with Crippen LogP contribution in [0.25, 0.3) is 0 Å². The van der Waals surface area contributed by atoms with E-state index in [1.165, 1.54) is 12.1 Å². The molecule has 2 rings (SSSR count). The van der Waals surface area contributed by atoms with Gasteiger partial charge in [0.2, 0.25) is 0 Å². The van der Waals surface area contributed by atoms with Gasteiger partial charge in [0, 0.05) is 10.4 Å². The van der Waals surface area contributed by atoms with Crippen LogP contribution in [-0.4, -0.2) is 26.0 Å². The molecule has 9 heteroatoms. The normalized spacial score (nSPS) is 11.3. The maximum Gasteiger partial charge on any atom is 0.311 e. The number of nitrogens with zero attached hydrogens (tertiary/aromatic N) is 1. The number of halogens is 1. The molecule has 0 bridgehead atoms. The lowest BCUT2D eigenvalue weighted by atomic mass is 10.2. The van der Waals surface area contributed by atoms with Crippen LogP contribution in [-0.2, 0) is 26.0 Å². The van der Waals surface area contributed by atoms with E-state index in [9.17, 15) is 13.2 Å². The molecule has 124 valence electrons. The van der Waals surface area contributed by atoms with Gasteiger partial charge in [-0.2, -0.15) is 0 Å². The fourth-order valence-corrected chi connectivity index (χ4v) is 3.94. The van der Waals surface area contributed by atoms with Crippen LogP contribution in [0, 0.1) is 6.92 Å². The van der Waals surface area contributed by atoms with Gasteiger partial charge in [-0.1, -0.05) is 17.7 Å². The topological polar surface area (TPSA) is 85.4 Å². The predicted octanol–water partition coefficient (Wildman–Crippen LogP) is 3.01. The number of hydrogen-bond donors (Lipinski definition) is 1. The monoisotopic (exact) mass is 374 g/mol. The number of carbonyl (C=O) groups excluding carboxylic acids is 1. The largest absolute Gasteiger partial charge is 0.466 e. The van der Waals surface area contributed by atoms with E-state index in [-0.39, 0.29) is 23.1 Å². The lowest BCUT2D eigenvalue weighted by molar-refractivity contribution is -0.142. The quantitative estimate of drug-likeness (QED) is 0.785. The molecule has 0 radical (unpaired) electrons. The summed E-state index contributed by atoms with van der Waals surface area (Å²) in [6.07, 6.45) is 0.00241. The zero-order chi connectivity index (χ0) is 17.0. The Labute approximate surface area is 143 Å². The summed E-state index contributed by atoms with van der Waals surface area (Å²) < 4.78 is 31.8. The van der Waals surface area contributed by atoms with Gasteiger partial charge < -0.3 is 4.74 Å². The summed E-state index contributed by atoms with van der Waals surface area (Å²) in [5, 5.41) is 2.16. The molecule has 23 heavy (non-hydrogen) atoms. The van der Waals surface area contributed by atoms with Crippen LogP contribution in [0.5, 0.6) is 0 Å². The molecular weight excluding hydrogens is 360 g/mol. The number of ether oxygens (including phenoxy) is 1. The van der Waals surface area contributed by atoms with Crippen molar-refractivity contribution in [2.75, 3.05) is 11.3 Å². The zero-order valence-electron chi connectivity index (χ0n) is 12.5. The minimum Gasteiger partial charge on any atom is -0.466 e. The highest BCUT2D eigenvalue weighted by Crippen LogP contribution is 2.24. The van der Waals surface area contributed by atoms with Gasteiger partial charge in [-0.25, -0.2) is 13.4 Å². The molecule has 0 spiro atoms. The molecule has 0 aliphatic heterocycles. The third-order valence-electron chi connectivity index (χ3n) is 2.86. The predicted molar refractivity (Wildman–Crippen MR) is 89.4 cm³/mol. The second-order valence-corrected chi connectivity index (χ2v) is 7.59. The van der Waals surface area contributed by atoms with Crippen LogP contribution in [0.4, 0.5) is 5.13 Å². The van der Waals surface area contributed by atoms with Crippen molar-refractivity contribution < 1.29 is 17.9 Å². The van der Waals surface area contributed by atoms with Gasteiger partial charge in [0.1, 0.15) is 0 Å². The fraction of sp³-hybridized carbons (Fsp3) is 0.286. The molecule has 1 aromatic carbocycles. The number of benzene rings is 1. The Bertz CT molecular complexity index is 818. The first-order valence-electron chi connectivity index (χ1n) is 6.71. The average molecular weight is 375 g/mol. The minimum atomic E-state index is -3.78. The van der Waals surface area contributed by atoms with E-state index in [0.717, 1.165) is 16.9 Å². The van der Waals surface area contributed by atoms with E-state index < -0.39 is 16.0 Å². The van der Waals surface area contributed by atoms with E-state index >= 15 is 0 Å². The molecule has 1 N–H and O–H groups in total. The van der Waals surface area contributed by atoms with Gasteiger partial charge in [-0.15, -0.1) is 11.3 Å². The molecule has 0 aliphatic carbocycles. The van der Waals surface area contributed by atoms with Crippen molar-refractivity contribution in [3.8, 4) is 0 Å². The van der Waals surface area contributed by atoms with Gasteiger partial charge in [0.05, 0.1) is 23.6 Å². The summed E-state index contributed by atoms with van der Waals surface area (Å²) in [6.45, 7) is 3.79. The summed E-state index contributed by atoms with van der Waals surface area (Å²) in [7, 11) is -3.78. The second-order valence-electron chi connectivity index (χ2n) is 4.64. The molecule has 0 amide bonds. The summed E-state index contributed by atoms with van der Waals surface area (Å²) in [6, 6.07) is 4.48. The number of thiazole rings is 1. The Morgan fingerprint density at radius 3 is 2.83 bits per heavy atom. The van der Waals surface area contributed by atoms with Crippen molar-refractivity contribution in [2.24, 2.45) is 0 Å². The highest BCUT2D eigenvalue weighted by molar-refractivity contribution is 7.93. The Morgan fingerprint density at radius 2 is 2.17 bits per heavy atom. The van der Waals surface area contributed by atoms with E-state index in [4.69, 9.17) is 16.3 Å². The Morgan fingerprint density at radius 1 is 1.43 bits per heavy atom. The Kier molecular flexibility index (Phi) is 5.61. The number of aryl methyl sites for hydroxylation is 1. The Hall–Kier alpha value is -1.64.